The first kappa shape index (κ1) is 12.1. The zero-order valence-electron chi connectivity index (χ0n) is 10.2. The van der Waals surface area contributed by atoms with Gasteiger partial charge in [0.25, 0.3) is 0 Å². The maximum Gasteiger partial charge on any atom is 0.124 e. The quantitative estimate of drug-likeness (QED) is 0.903. The van der Waals surface area contributed by atoms with Gasteiger partial charge in [0.15, 0.2) is 0 Å². The summed E-state index contributed by atoms with van der Waals surface area (Å²) in [6.45, 7) is 2.02. The maximum atomic E-state index is 5.39. The Hall–Kier alpha value is -1.39. The number of ether oxygens (including phenoxy) is 1. The number of nitrogens with zero attached hydrogens (tertiary/aromatic N) is 1. The van der Waals surface area contributed by atoms with Crippen molar-refractivity contribution in [3.8, 4) is 5.75 Å². The number of para-hydroxylation sites is 1. The highest BCUT2D eigenvalue weighted by Gasteiger charge is 2.18. The molecule has 1 aromatic carbocycles. The van der Waals surface area contributed by atoms with E-state index >= 15 is 0 Å². The molecule has 0 radical (unpaired) electrons. The third-order valence-corrected chi connectivity index (χ3v) is 3.46. The van der Waals surface area contributed by atoms with E-state index in [4.69, 9.17) is 4.74 Å². The summed E-state index contributed by atoms with van der Waals surface area (Å²) in [6, 6.07) is 8.10. The van der Waals surface area contributed by atoms with Crippen molar-refractivity contribution in [2.45, 2.75) is 13.0 Å². The molecular weight excluding hydrogens is 232 g/mol. The fraction of sp³-hybridized carbons (Fsp3) is 0.308. The Morgan fingerprint density at radius 1 is 1.35 bits per heavy atom. The van der Waals surface area contributed by atoms with Crippen molar-refractivity contribution in [2.24, 2.45) is 0 Å². The zero-order valence-corrected chi connectivity index (χ0v) is 11.0. The average molecular weight is 248 g/mol. The number of aromatic nitrogens is 1. The van der Waals surface area contributed by atoms with Crippen molar-refractivity contribution >= 4 is 11.3 Å². The van der Waals surface area contributed by atoms with E-state index < -0.39 is 0 Å². The molecule has 0 saturated carbocycles. The molecule has 3 nitrogen and oxygen atoms in total. The molecule has 1 heterocycles. The second-order valence-corrected chi connectivity index (χ2v) is 4.82. The summed E-state index contributed by atoms with van der Waals surface area (Å²) in [5, 5.41) is 6.45. The van der Waals surface area contributed by atoms with Crippen molar-refractivity contribution in [3.63, 3.8) is 0 Å². The molecule has 0 bridgehead atoms. The number of methoxy groups -OCH3 is 1. The van der Waals surface area contributed by atoms with E-state index in [-0.39, 0.29) is 6.04 Å². The fourth-order valence-corrected chi connectivity index (χ4v) is 2.52. The highest BCUT2D eigenvalue weighted by atomic mass is 32.1. The lowest BCUT2D eigenvalue weighted by molar-refractivity contribution is 0.405. The van der Waals surface area contributed by atoms with Crippen LogP contribution in [0.2, 0.25) is 0 Å². The highest BCUT2D eigenvalue weighted by molar-refractivity contribution is 7.09. The smallest absolute Gasteiger partial charge is 0.124 e. The SMILES string of the molecule is CNC(c1csc(C)n1)c1ccccc1OC. The molecule has 0 aliphatic carbocycles. The predicted molar refractivity (Wildman–Crippen MR) is 70.7 cm³/mol. The third kappa shape index (κ3) is 2.48. The van der Waals surface area contributed by atoms with Gasteiger partial charge in [-0.25, -0.2) is 4.98 Å². The summed E-state index contributed by atoms with van der Waals surface area (Å²) in [4.78, 5) is 4.53. The van der Waals surface area contributed by atoms with Gasteiger partial charge in [-0.1, -0.05) is 18.2 Å². The number of rotatable bonds is 4. The predicted octanol–water partition coefficient (Wildman–Crippen LogP) is 2.77. The molecule has 2 rings (SSSR count). The van der Waals surface area contributed by atoms with Crippen molar-refractivity contribution < 1.29 is 4.74 Å². The Bertz CT molecular complexity index is 496. The molecule has 0 saturated heterocycles. The van der Waals surface area contributed by atoms with Crippen LogP contribution in [0.3, 0.4) is 0 Å². The molecule has 2 aromatic rings. The molecule has 4 heteroatoms. The number of hydrogen-bond acceptors (Lipinski definition) is 4. The van der Waals surface area contributed by atoms with Gasteiger partial charge in [-0.3, -0.25) is 0 Å². The van der Waals surface area contributed by atoms with E-state index in [0.717, 1.165) is 22.0 Å². The number of nitrogens with one attached hydrogen (secondary N) is 1. The molecule has 1 N–H and O–H groups in total. The van der Waals surface area contributed by atoms with Crippen LogP contribution in [0, 0.1) is 6.92 Å². The minimum Gasteiger partial charge on any atom is -0.496 e. The molecule has 0 aliphatic heterocycles. The molecule has 1 atom stereocenters. The molecule has 0 spiro atoms. The van der Waals surface area contributed by atoms with Crippen LogP contribution in [0.15, 0.2) is 29.6 Å². The molecule has 90 valence electrons. The van der Waals surface area contributed by atoms with E-state index in [1.54, 1.807) is 18.4 Å². The fourth-order valence-electron chi connectivity index (χ4n) is 1.88. The van der Waals surface area contributed by atoms with E-state index in [1.807, 2.05) is 32.2 Å². The van der Waals surface area contributed by atoms with Crippen LogP contribution in [0.4, 0.5) is 0 Å². The zero-order chi connectivity index (χ0) is 12.3. The summed E-state index contributed by atoms with van der Waals surface area (Å²) in [7, 11) is 3.63. The van der Waals surface area contributed by atoms with Crippen LogP contribution in [-0.4, -0.2) is 19.1 Å². The second kappa shape index (κ2) is 5.29. The van der Waals surface area contributed by atoms with E-state index in [9.17, 15) is 0 Å². The molecule has 1 aromatic heterocycles. The minimum absolute atomic E-state index is 0.0797. The van der Waals surface area contributed by atoms with E-state index in [2.05, 4.69) is 21.7 Å². The van der Waals surface area contributed by atoms with Crippen LogP contribution in [0.25, 0.3) is 0 Å². The molecule has 17 heavy (non-hydrogen) atoms. The molecule has 0 amide bonds. The number of hydrogen-bond donors (Lipinski definition) is 1. The average Bonchev–Trinajstić information content (AvgIpc) is 2.77. The van der Waals surface area contributed by atoms with Crippen LogP contribution < -0.4 is 10.1 Å². The Morgan fingerprint density at radius 3 is 2.71 bits per heavy atom. The Kier molecular flexibility index (Phi) is 3.76. The van der Waals surface area contributed by atoms with Gasteiger partial charge in [0, 0.05) is 10.9 Å². The van der Waals surface area contributed by atoms with Gasteiger partial charge in [-0.05, 0) is 20.0 Å². The molecule has 1 unspecified atom stereocenters. The molecular formula is C13H16N2OS. The number of benzene rings is 1. The number of aryl methyl sites for hydroxylation is 1. The first-order valence-corrected chi connectivity index (χ1v) is 6.36. The molecule has 0 fully saturated rings. The Balaban J connectivity index is 2.41. The van der Waals surface area contributed by atoms with E-state index in [0.29, 0.717) is 0 Å². The normalized spacial score (nSPS) is 12.4. The number of thiazole rings is 1. The van der Waals surface area contributed by atoms with Gasteiger partial charge in [0.2, 0.25) is 0 Å². The monoisotopic (exact) mass is 248 g/mol. The van der Waals surface area contributed by atoms with Gasteiger partial charge in [0.1, 0.15) is 5.75 Å². The van der Waals surface area contributed by atoms with Crippen LogP contribution in [0.5, 0.6) is 5.75 Å². The Labute approximate surface area is 105 Å². The standard InChI is InChI=1S/C13H16N2OS/c1-9-15-11(8-17-9)13(14-2)10-6-4-5-7-12(10)16-3/h4-8,13-14H,1-3H3. The van der Waals surface area contributed by atoms with Crippen molar-refractivity contribution in [1.82, 2.24) is 10.3 Å². The van der Waals surface area contributed by atoms with Crippen LogP contribution >= 0.6 is 11.3 Å². The summed E-state index contributed by atoms with van der Waals surface area (Å²) in [5.74, 6) is 0.887. The summed E-state index contributed by atoms with van der Waals surface area (Å²) in [6.07, 6.45) is 0. The lowest BCUT2D eigenvalue weighted by atomic mass is 10.0. The summed E-state index contributed by atoms with van der Waals surface area (Å²) < 4.78 is 5.39. The first-order valence-electron chi connectivity index (χ1n) is 5.48. The summed E-state index contributed by atoms with van der Waals surface area (Å²) in [5.41, 5.74) is 2.15. The van der Waals surface area contributed by atoms with Gasteiger partial charge in [-0.15, -0.1) is 11.3 Å². The van der Waals surface area contributed by atoms with Gasteiger partial charge in [0.05, 0.1) is 23.9 Å². The summed E-state index contributed by atoms with van der Waals surface area (Å²) >= 11 is 1.66. The topological polar surface area (TPSA) is 34.2 Å². The third-order valence-electron chi connectivity index (χ3n) is 2.67. The highest BCUT2D eigenvalue weighted by Crippen LogP contribution is 2.29. The largest absolute Gasteiger partial charge is 0.496 e. The van der Waals surface area contributed by atoms with Gasteiger partial charge >= 0.3 is 0 Å². The minimum atomic E-state index is 0.0797. The van der Waals surface area contributed by atoms with E-state index in [1.165, 1.54) is 0 Å². The van der Waals surface area contributed by atoms with Crippen molar-refractivity contribution in [1.29, 1.82) is 0 Å². The Morgan fingerprint density at radius 2 is 2.12 bits per heavy atom. The van der Waals surface area contributed by atoms with Crippen molar-refractivity contribution in [3.05, 3.63) is 45.9 Å². The van der Waals surface area contributed by atoms with Gasteiger partial charge < -0.3 is 10.1 Å². The van der Waals surface area contributed by atoms with Crippen molar-refractivity contribution in [2.75, 3.05) is 14.2 Å². The molecule has 0 aliphatic rings. The maximum absolute atomic E-state index is 5.39. The van der Waals surface area contributed by atoms with Gasteiger partial charge in [-0.2, -0.15) is 0 Å². The first-order chi connectivity index (χ1) is 8.26. The second-order valence-electron chi connectivity index (χ2n) is 3.76. The van der Waals surface area contributed by atoms with Crippen LogP contribution in [-0.2, 0) is 0 Å². The van der Waals surface area contributed by atoms with Crippen LogP contribution in [0.1, 0.15) is 22.3 Å². The lowest BCUT2D eigenvalue weighted by Gasteiger charge is -2.17. The lowest BCUT2D eigenvalue weighted by Crippen LogP contribution is -2.18.